The summed E-state index contributed by atoms with van der Waals surface area (Å²) >= 11 is 7.45. The van der Waals surface area contributed by atoms with Crippen molar-refractivity contribution >= 4 is 34.5 Å². The Kier molecular flexibility index (Phi) is 5.19. The average Bonchev–Trinajstić information content (AvgIpc) is 3.38. The van der Waals surface area contributed by atoms with E-state index in [9.17, 15) is 4.79 Å². The quantitative estimate of drug-likeness (QED) is 0.432. The number of hydrogen-bond acceptors (Lipinski definition) is 3. The van der Waals surface area contributed by atoms with Gasteiger partial charge in [0.15, 0.2) is 0 Å². The van der Waals surface area contributed by atoms with Crippen LogP contribution in [-0.4, -0.2) is 17.6 Å². The number of amides is 1. The number of halogens is 1. The van der Waals surface area contributed by atoms with Gasteiger partial charge in [-0.25, -0.2) is 0 Å². The van der Waals surface area contributed by atoms with E-state index >= 15 is 0 Å². The molecule has 1 amide bonds. The van der Waals surface area contributed by atoms with Gasteiger partial charge < -0.3 is 14.6 Å². The molecular weight excluding hydrogens is 392 g/mol. The van der Waals surface area contributed by atoms with Crippen LogP contribution in [0.25, 0.3) is 16.8 Å². The zero-order chi connectivity index (χ0) is 19.5. The largest absolute Gasteiger partial charge is 0.497 e. The van der Waals surface area contributed by atoms with Gasteiger partial charge in [0.1, 0.15) is 10.6 Å². The van der Waals surface area contributed by atoms with Crippen LogP contribution >= 0.6 is 22.9 Å². The first-order chi connectivity index (χ1) is 13.7. The number of ether oxygens (including phenoxy) is 1. The van der Waals surface area contributed by atoms with E-state index in [2.05, 4.69) is 5.32 Å². The second kappa shape index (κ2) is 7.92. The Bertz CT molecular complexity index is 1100. The average molecular weight is 409 g/mol. The third-order valence-corrected chi connectivity index (χ3v) is 5.54. The molecular formula is C22H17ClN2O2S. The van der Waals surface area contributed by atoms with Gasteiger partial charge >= 0.3 is 0 Å². The molecule has 2 aromatic carbocycles. The van der Waals surface area contributed by atoms with E-state index in [1.807, 2.05) is 76.9 Å². The Morgan fingerprint density at radius 3 is 2.54 bits per heavy atom. The molecule has 0 unspecified atom stereocenters. The van der Waals surface area contributed by atoms with Gasteiger partial charge in [0.2, 0.25) is 0 Å². The van der Waals surface area contributed by atoms with Crippen molar-refractivity contribution in [2.24, 2.45) is 0 Å². The highest BCUT2D eigenvalue weighted by atomic mass is 35.5. The number of carbonyl (C=O) groups excluding carboxylic acids is 1. The first-order valence-electron chi connectivity index (χ1n) is 8.62. The van der Waals surface area contributed by atoms with Gasteiger partial charge in [0, 0.05) is 40.1 Å². The fraction of sp³-hybridized carbons (Fsp3) is 0.0455. The van der Waals surface area contributed by atoms with Crippen LogP contribution in [0.15, 0.2) is 78.4 Å². The summed E-state index contributed by atoms with van der Waals surface area (Å²) < 4.78 is 7.19. The number of rotatable bonds is 5. The molecule has 28 heavy (non-hydrogen) atoms. The summed E-state index contributed by atoms with van der Waals surface area (Å²) in [7, 11) is 1.60. The van der Waals surface area contributed by atoms with Gasteiger partial charge in [-0.15, -0.1) is 11.3 Å². The smallest absolute Gasteiger partial charge is 0.267 e. The van der Waals surface area contributed by atoms with Crippen LogP contribution in [0.2, 0.25) is 5.02 Å². The summed E-state index contributed by atoms with van der Waals surface area (Å²) in [6.45, 7) is 0. The number of carbonyl (C=O) groups is 1. The lowest BCUT2D eigenvalue weighted by Crippen LogP contribution is -2.13. The molecule has 0 spiro atoms. The highest BCUT2D eigenvalue weighted by Crippen LogP contribution is 2.36. The Morgan fingerprint density at radius 2 is 1.82 bits per heavy atom. The maximum Gasteiger partial charge on any atom is 0.267 e. The molecule has 2 heterocycles. The van der Waals surface area contributed by atoms with Crippen molar-refractivity contribution in [3.8, 4) is 22.6 Å². The highest BCUT2D eigenvalue weighted by Gasteiger charge is 2.20. The second-order valence-corrected chi connectivity index (χ2v) is 7.43. The highest BCUT2D eigenvalue weighted by molar-refractivity contribution is 7.13. The van der Waals surface area contributed by atoms with Crippen molar-refractivity contribution in [3.63, 3.8) is 0 Å². The van der Waals surface area contributed by atoms with Crippen LogP contribution in [0.4, 0.5) is 5.69 Å². The molecule has 0 aliphatic carbocycles. The van der Waals surface area contributed by atoms with Crippen LogP contribution in [0.3, 0.4) is 0 Å². The summed E-state index contributed by atoms with van der Waals surface area (Å²) in [5, 5.41) is 5.64. The first-order valence-corrected chi connectivity index (χ1v) is 9.87. The zero-order valence-corrected chi connectivity index (χ0v) is 16.6. The van der Waals surface area contributed by atoms with E-state index in [0.29, 0.717) is 21.3 Å². The van der Waals surface area contributed by atoms with E-state index in [1.165, 1.54) is 11.3 Å². The maximum absolute atomic E-state index is 13.1. The van der Waals surface area contributed by atoms with Crippen LogP contribution in [0.5, 0.6) is 5.75 Å². The number of methoxy groups -OCH3 is 1. The summed E-state index contributed by atoms with van der Waals surface area (Å²) in [6, 6.07) is 18.8. The first kappa shape index (κ1) is 18.3. The number of thiophene rings is 1. The lowest BCUT2D eigenvalue weighted by atomic mass is 10.1. The predicted molar refractivity (Wildman–Crippen MR) is 115 cm³/mol. The maximum atomic E-state index is 13.1. The fourth-order valence-corrected chi connectivity index (χ4v) is 4.07. The van der Waals surface area contributed by atoms with Gasteiger partial charge in [0.05, 0.1) is 12.8 Å². The number of aromatic nitrogens is 1. The third kappa shape index (κ3) is 3.67. The summed E-state index contributed by atoms with van der Waals surface area (Å²) in [4.78, 5) is 13.7. The van der Waals surface area contributed by atoms with Crippen LogP contribution in [0, 0.1) is 0 Å². The van der Waals surface area contributed by atoms with E-state index in [-0.39, 0.29) is 5.91 Å². The Hall–Kier alpha value is -3.02. The summed E-state index contributed by atoms with van der Waals surface area (Å²) in [6.07, 6.45) is 3.87. The van der Waals surface area contributed by atoms with Gasteiger partial charge in [-0.05, 0) is 42.0 Å². The molecule has 0 radical (unpaired) electrons. The minimum Gasteiger partial charge on any atom is -0.497 e. The summed E-state index contributed by atoms with van der Waals surface area (Å²) in [5.74, 6) is 0.527. The SMILES string of the molecule is COc1cccc(NC(=O)c2scc(-c3ccc(Cl)cc3)c2-n2cccc2)c1. The van der Waals surface area contributed by atoms with Crippen molar-refractivity contribution in [2.75, 3.05) is 12.4 Å². The Morgan fingerprint density at radius 1 is 1.07 bits per heavy atom. The van der Waals surface area contributed by atoms with Gasteiger partial charge in [-0.1, -0.05) is 29.8 Å². The Balaban J connectivity index is 1.74. The van der Waals surface area contributed by atoms with Crippen molar-refractivity contribution in [3.05, 3.63) is 88.3 Å². The molecule has 0 saturated heterocycles. The van der Waals surface area contributed by atoms with Gasteiger partial charge in [-0.2, -0.15) is 0 Å². The van der Waals surface area contributed by atoms with Crippen molar-refractivity contribution < 1.29 is 9.53 Å². The van der Waals surface area contributed by atoms with E-state index in [1.54, 1.807) is 13.2 Å². The summed E-state index contributed by atoms with van der Waals surface area (Å²) in [5.41, 5.74) is 3.51. The molecule has 6 heteroatoms. The number of hydrogen-bond donors (Lipinski definition) is 1. The topological polar surface area (TPSA) is 43.3 Å². The molecule has 4 aromatic rings. The van der Waals surface area contributed by atoms with Crippen LogP contribution < -0.4 is 10.1 Å². The molecule has 4 nitrogen and oxygen atoms in total. The lowest BCUT2D eigenvalue weighted by molar-refractivity contribution is 0.103. The standard InChI is InChI=1S/C22H17ClN2O2S/c1-27-18-6-4-5-17(13-18)24-22(26)21-20(25-11-2-3-12-25)19(14-28-21)15-7-9-16(23)10-8-15/h2-14H,1H3,(H,24,26). The molecule has 140 valence electrons. The molecule has 0 aliphatic heterocycles. The minimum absolute atomic E-state index is 0.165. The van der Waals surface area contributed by atoms with Crippen LogP contribution in [-0.2, 0) is 0 Å². The minimum atomic E-state index is -0.165. The number of anilines is 1. The van der Waals surface area contributed by atoms with Crippen molar-refractivity contribution in [1.82, 2.24) is 4.57 Å². The molecule has 2 aromatic heterocycles. The molecule has 0 fully saturated rings. The normalized spacial score (nSPS) is 10.6. The van der Waals surface area contributed by atoms with Gasteiger partial charge in [0.25, 0.3) is 5.91 Å². The van der Waals surface area contributed by atoms with E-state index < -0.39 is 0 Å². The third-order valence-electron chi connectivity index (χ3n) is 4.32. The zero-order valence-electron chi connectivity index (χ0n) is 15.1. The molecule has 1 N–H and O–H groups in total. The monoisotopic (exact) mass is 408 g/mol. The second-order valence-electron chi connectivity index (χ2n) is 6.11. The van der Waals surface area contributed by atoms with E-state index in [0.717, 1.165) is 16.8 Å². The number of nitrogens with one attached hydrogen (secondary N) is 1. The Labute approximate surface area is 172 Å². The molecule has 0 saturated carbocycles. The van der Waals surface area contributed by atoms with Crippen molar-refractivity contribution in [2.45, 2.75) is 0 Å². The number of benzene rings is 2. The van der Waals surface area contributed by atoms with Crippen LogP contribution in [0.1, 0.15) is 9.67 Å². The molecule has 0 aliphatic rings. The predicted octanol–water partition coefficient (Wildman–Crippen LogP) is 6.12. The van der Waals surface area contributed by atoms with Gasteiger partial charge in [-0.3, -0.25) is 4.79 Å². The fourth-order valence-electron chi connectivity index (χ4n) is 2.98. The van der Waals surface area contributed by atoms with E-state index in [4.69, 9.17) is 16.3 Å². The molecule has 0 bridgehead atoms. The number of nitrogens with zero attached hydrogens (tertiary/aromatic N) is 1. The van der Waals surface area contributed by atoms with Crippen molar-refractivity contribution in [1.29, 1.82) is 0 Å². The molecule has 4 rings (SSSR count). The molecule has 0 atom stereocenters. The lowest BCUT2D eigenvalue weighted by Gasteiger charge is -2.11.